The minimum Gasteiger partial charge on any atom is -0.309 e. The third kappa shape index (κ3) is 4.67. The number of nitrogens with zero attached hydrogens (tertiary/aromatic N) is 3. The summed E-state index contributed by atoms with van der Waals surface area (Å²) >= 11 is 6.21. The molecule has 5 nitrogen and oxygen atoms in total. The SMILES string of the molecule is CN(C)CCCCCN1c2ccccc2N(c2ccc(F)cc2Cl)S1(O)O.Cl. The first-order valence-electron chi connectivity index (χ1n) is 8.87. The van der Waals surface area contributed by atoms with Gasteiger partial charge in [-0.2, -0.15) is 0 Å². The van der Waals surface area contributed by atoms with Crippen LogP contribution in [0.2, 0.25) is 5.02 Å². The number of fused-ring (bicyclic) bond motifs is 1. The van der Waals surface area contributed by atoms with Gasteiger partial charge >= 0.3 is 0 Å². The first-order chi connectivity index (χ1) is 12.8. The summed E-state index contributed by atoms with van der Waals surface area (Å²) in [5.41, 5.74) is 1.77. The molecule has 0 atom stereocenters. The van der Waals surface area contributed by atoms with Crippen molar-refractivity contribution in [3.8, 4) is 0 Å². The molecule has 2 aromatic rings. The minimum absolute atomic E-state index is 0. The van der Waals surface area contributed by atoms with E-state index in [1.807, 2.05) is 38.4 Å². The smallest absolute Gasteiger partial charge is 0.124 e. The molecule has 0 unspecified atom stereocenters. The van der Waals surface area contributed by atoms with Crippen molar-refractivity contribution in [1.82, 2.24) is 4.90 Å². The predicted molar refractivity (Wildman–Crippen MR) is 120 cm³/mol. The van der Waals surface area contributed by atoms with E-state index in [2.05, 4.69) is 4.90 Å². The van der Waals surface area contributed by atoms with Crippen LogP contribution in [0.3, 0.4) is 0 Å². The molecule has 9 heteroatoms. The van der Waals surface area contributed by atoms with Gasteiger partial charge in [0.05, 0.1) is 22.1 Å². The van der Waals surface area contributed by atoms with Gasteiger partial charge in [0.15, 0.2) is 0 Å². The van der Waals surface area contributed by atoms with Gasteiger partial charge in [0, 0.05) is 6.54 Å². The van der Waals surface area contributed by atoms with Gasteiger partial charge in [-0.05, 0) is 74.8 Å². The Bertz CT molecular complexity index is 810. The van der Waals surface area contributed by atoms with Crippen LogP contribution in [0.15, 0.2) is 42.5 Å². The van der Waals surface area contributed by atoms with Crippen molar-refractivity contribution in [2.24, 2.45) is 0 Å². The molecule has 3 rings (SSSR count). The lowest BCUT2D eigenvalue weighted by Crippen LogP contribution is -2.32. The number of unbranched alkanes of at least 4 members (excludes halogenated alkanes) is 2. The Morgan fingerprint density at radius 3 is 2.32 bits per heavy atom. The molecule has 0 aliphatic carbocycles. The van der Waals surface area contributed by atoms with Crippen LogP contribution in [0.5, 0.6) is 0 Å². The molecule has 0 aromatic heterocycles. The molecule has 0 radical (unpaired) electrons. The van der Waals surface area contributed by atoms with Crippen LogP contribution < -0.4 is 8.61 Å². The van der Waals surface area contributed by atoms with Crippen molar-refractivity contribution in [2.45, 2.75) is 19.3 Å². The van der Waals surface area contributed by atoms with Gasteiger partial charge < -0.3 is 4.90 Å². The molecular weight excluding hydrogens is 424 g/mol. The van der Waals surface area contributed by atoms with Gasteiger partial charge in [0.1, 0.15) is 5.82 Å². The van der Waals surface area contributed by atoms with Crippen LogP contribution >= 0.6 is 35.0 Å². The molecule has 0 fully saturated rings. The van der Waals surface area contributed by atoms with E-state index in [4.69, 9.17) is 11.6 Å². The molecule has 1 aliphatic rings. The fourth-order valence-electron chi connectivity index (χ4n) is 3.22. The van der Waals surface area contributed by atoms with Gasteiger partial charge in [0.25, 0.3) is 0 Å². The summed E-state index contributed by atoms with van der Waals surface area (Å²) in [4.78, 5) is 2.14. The van der Waals surface area contributed by atoms with Crippen molar-refractivity contribution in [1.29, 1.82) is 0 Å². The lowest BCUT2D eigenvalue weighted by molar-refractivity contribution is 0.392. The fraction of sp³-hybridized carbons (Fsp3) is 0.368. The molecular formula is C19H26Cl2FN3O2S. The first-order valence-corrected chi connectivity index (χ1v) is 10.7. The Morgan fingerprint density at radius 1 is 1.00 bits per heavy atom. The van der Waals surface area contributed by atoms with Crippen molar-refractivity contribution in [3.63, 3.8) is 0 Å². The second-order valence-corrected chi connectivity index (χ2v) is 9.03. The summed E-state index contributed by atoms with van der Waals surface area (Å²) in [7, 11) is 0.749. The maximum Gasteiger partial charge on any atom is 0.124 e. The van der Waals surface area contributed by atoms with Crippen LogP contribution in [0.4, 0.5) is 21.5 Å². The van der Waals surface area contributed by atoms with Crippen molar-refractivity contribution >= 4 is 52.0 Å². The standard InChI is InChI=1S/C19H25ClFN3O2S.ClH/c1-22(2)12-6-3-7-13-23-18-8-4-5-9-19(18)24(27(23,25)26)17-11-10-15(21)14-16(17)20;/h4-5,8-11,14,25-26H,3,6-7,12-13H2,1-2H3;1H. The van der Waals surface area contributed by atoms with E-state index in [1.54, 1.807) is 4.31 Å². The summed E-state index contributed by atoms with van der Waals surface area (Å²) in [6, 6.07) is 11.3. The molecule has 0 spiro atoms. The average molecular weight is 450 g/mol. The van der Waals surface area contributed by atoms with Crippen LogP contribution in [0.25, 0.3) is 0 Å². The van der Waals surface area contributed by atoms with Crippen LogP contribution in [0.1, 0.15) is 19.3 Å². The fourth-order valence-corrected chi connectivity index (χ4v) is 5.35. The highest BCUT2D eigenvalue weighted by Crippen LogP contribution is 2.64. The van der Waals surface area contributed by atoms with Crippen molar-refractivity contribution in [2.75, 3.05) is 35.8 Å². The largest absolute Gasteiger partial charge is 0.309 e. The van der Waals surface area contributed by atoms with Crippen molar-refractivity contribution in [3.05, 3.63) is 53.3 Å². The van der Waals surface area contributed by atoms with Gasteiger partial charge in [0.2, 0.25) is 0 Å². The lowest BCUT2D eigenvalue weighted by Gasteiger charge is -2.44. The topological polar surface area (TPSA) is 50.2 Å². The Morgan fingerprint density at radius 2 is 1.68 bits per heavy atom. The Kier molecular flexibility index (Phi) is 7.84. The monoisotopic (exact) mass is 449 g/mol. The van der Waals surface area contributed by atoms with Gasteiger partial charge in [-0.1, -0.05) is 30.2 Å². The maximum absolute atomic E-state index is 13.5. The normalized spacial score (nSPS) is 16.1. The average Bonchev–Trinajstić information content (AvgIpc) is 2.82. The highest BCUT2D eigenvalue weighted by Gasteiger charge is 2.41. The molecule has 0 saturated heterocycles. The summed E-state index contributed by atoms with van der Waals surface area (Å²) < 4.78 is 38.6. The summed E-state index contributed by atoms with van der Waals surface area (Å²) in [6.45, 7) is 1.52. The van der Waals surface area contributed by atoms with E-state index < -0.39 is 16.8 Å². The highest BCUT2D eigenvalue weighted by molar-refractivity contribution is 8.27. The molecule has 156 valence electrons. The number of rotatable bonds is 7. The zero-order valence-electron chi connectivity index (χ0n) is 15.9. The van der Waals surface area contributed by atoms with Gasteiger partial charge in [-0.3, -0.25) is 13.4 Å². The third-order valence-corrected chi connectivity index (χ3v) is 6.66. The lowest BCUT2D eigenvalue weighted by atomic mass is 10.2. The molecule has 1 heterocycles. The van der Waals surface area contributed by atoms with E-state index in [0.717, 1.165) is 31.5 Å². The Labute approximate surface area is 178 Å². The second-order valence-electron chi connectivity index (χ2n) is 6.83. The summed E-state index contributed by atoms with van der Waals surface area (Å²) in [6.07, 6.45) is 2.88. The molecule has 0 saturated carbocycles. The van der Waals surface area contributed by atoms with E-state index in [9.17, 15) is 13.5 Å². The number of halogens is 3. The van der Waals surface area contributed by atoms with Crippen LogP contribution in [0, 0.1) is 5.82 Å². The number of para-hydroxylation sites is 2. The van der Waals surface area contributed by atoms with E-state index >= 15 is 0 Å². The maximum atomic E-state index is 13.5. The van der Waals surface area contributed by atoms with Crippen LogP contribution in [-0.2, 0) is 0 Å². The van der Waals surface area contributed by atoms with Crippen LogP contribution in [-0.4, -0.2) is 41.2 Å². The van der Waals surface area contributed by atoms with Crippen molar-refractivity contribution < 1.29 is 13.5 Å². The van der Waals surface area contributed by atoms with Gasteiger partial charge in [-0.15, -0.1) is 12.4 Å². The number of anilines is 3. The van der Waals surface area contributed by atoms with E-state index in [1.165, 1.54) is 22.5 Å². The molecule has 0 bridgehead atoms. The molecule has 0 amide bonds. The third-order valence-electron chi connectivity index (χ3n) is 4.50. The number of hydrogen-bond acceptors (Lipinski definition) is 5. The number of hydrogen-bond donors (Lipinski definition) is 2. The minimum atomic E-state index is -3.33. The predicted octanol–water partition coefficient (Wildman–Crippen LogP) is 6.17. The zero-order chi connectivity index (χ0) is 19.6. The molecule has 28 heavy (non-hydrogen) atoms. The molecule has 2 N–H and O–H groups in total. The summed E-state index contributed by atoms with van der Waals surface area (Å²) in [5.74, 6) is -0.467. The summed E-state index contributed by atoms with van der Waals surface area (Å²) in [5, 5.41) is 0.137. The number of benzene rings is 2. The Hall–Kier alpha value is -1.22. The van der Waals surface area contributed by atoms with E-state index in [-0.39, 0.29) is 17.4 Å². The first kappa shape index (κ1) is 23.1. The quantitative estimate of drug-likeness (QED) is 0.494. The molecule has 1 aliphatic heterocycles. The molecule has 2 aromatic carbocycles. The van der Waals surface area contributed by atoms with E-state index in [0.29, 0.717) is 17.9 Å². The Balaban J connectivity index is 0.00000280. The highest BCUT2D eigenvalue weighted by atomic mass is 35.5. The second kappa shape index (κ2) is 9.52. The van der Waals surface area contributed by atoms with Gasteiger partial charge in [-0.25, -0.2) is 8.70 Å². The zero-order valence-corrected chi connectivity index (χ0v) is 18.3.